The smallest absolute Gasteiger partial charge is 0.252 e. The number of carbonyl (C=O) groups excluding carboxylic acids is 1. The maximum Gasteiger partial charge on any atom is 0.252 e. The van der Waals surface area contributed by atoms with E-state index >= 15 is 0 Å². The van der Waals surface area contributed by atoms with Crippen molar-refractivity contribution >= 4 is 16.8 Å². The summed E-state index contributed by atoms with van der Waals surface area (Å²) in [7, 11) is 0. The number of amides is 1. The number of hydrogen-bond acceptors (Lipinski definition) is 5. The fourth-order valence-corrected chi connectivity index (χ4v) is 3.69. The second-order valence-electron chi connectivity index (χ2n) is 7.58. The first kappa shape index (κ1) is 19.5. The van der Waals surface area contributed by atoms with Crippen LogP contribution < -0.4 is 5.32 Å². The average Bonchev–Trinajstić information content (AvgIpc) is 2.74. The van der Waals surface area contributed by atoms with Crippen molar-refractivity contribution in [2.24, 2.45) is 0 Å². The molecular formula is C23H26N4O2. The molecule has 1 amide bonds. The largest absolute Gasteiger partial charge is 0.379 e. The average molecular weight is 390 g/mol. The van der Waals surface area contributed by atoms with Crippen LogP contribution in [0.1, 0.15) is 22.8 Å². The number of fused-ring (bicyclic) bond motifs is 1. The Morgan fingerprint density at radius 1 is 1.17 bits per heavy atom. The standard InChI is InChI=1S/C23H26N4O2/c1-16-6-7-20-18(13-16)19(14-22(26-20)21-5-3-4-8-24-21)23(28)25-17(2)15-27-9-11-29-12-10-27/h3-8,13-14,17H,9-12,15H2,1-2H3,(H,25,28)/t17-/m1/s1. The molecule has 1 saturated heterocycles. The predicted molar refractivity (Wildman–Crippen MR) is 114 cm³/mol. The first-order chi connectivity index (χ1) is 14.1. The summed E-state index contributed by atoms with van der Waals surface area (Å²) in [5.41, 5.74) is 3.98. The van der Waals surface area contributed by atoms with Crippen molar-refractivity contribution in [3.8, 4) is 11.4 Å². The summed E-state index contributed by atoms with van der Waals surface area (Å²) < 4.78 is 5.40. The van der Waals surface area contributed by atoms with Crippen molar-refractivity contribution in [2.75, 3.05) is 32.8 Å². The molecule has 0 bridgehead atoms. The molecule has 1 atom stereocenters. The first-order valence-electron chi connectivity index (χ1n) is 10.0. The quantitative estimate of drug-likeness (QED) is 0.725. The van der Waals surface area contributed by atoms with Crippen LogP contribution in [0.5, 0.6) is 0 Å². The number of aryl methyl sites for hydroxylation is 1. The summed E-state index contributed by atoms with van der Waals surface area (Å²) in [5.74, 6) is -0.0825. The molecule has 0 aliphatic carbocycles. The molecular weight excluding hydrogens is 364 g/mol. The van der Waals surface area contributed by atoms with E-state index in [-0.39, 0.29) is 11.9 Å². The third-order valence-electron chi connectivity index (χ3n) is 5.15. The zero-order valence-corrected chi connectivity index (χ0v) is 16.9. The zero-order chi connectivity index (χ0) is 20.2. The molecule has 1 aliphatic heterocycles. The summed E-state index contributed by atoms with van der Waals surface area (Å²) in [5, 5.41) is 4.03. The monoisotopic (exact) mass is 390 g/mol. The van der Waals surface area contributed by atoms with E-state index in [4.69, 9.17) is 9.72 Å². The lowest BCUT2D eigenvalue weighted by atomic mass is 10.0. The van der Waals surface area contributed by atoms with E-state index in [1.54, 1.807) is 6.20 Å². The molecule has 150 valence electrons. The van der Waals surface area contributed by atoms with Crippen LogP contribution in [-0.4, -0.2) is 59.7 Å². The summed E-state index contributed by atoms with van der Waals surface area (Å²) in [6, 6.07) is 13.6. The second-order valence-corrected chi connectivity index (χ2v) is 7.58. The number of aromatic nitrogens is 2. The normalized spacial score (nSPS) is 15.9. The molecule has 3 aromatic rings. The van der Waals surface area contributed by atoms with Gasteiger partial charge in [0.05, 0.1) is 35.7 Å². The maximum atomic E-state index is 13.2. The minimum Gasteiger partial charge on any atom is -0.379 e. The molecule has 29 heavy (non-hydrogen) atoms. The molecule has 6 nitrogen and oxygen atoms in total. The highest BCUT2D eigenvalue weighted by atomic mass is 16.5. The number of pyridine rings is 2. The van der Waals surface area contributed by atoms with Crippen LogP contribution in [0.2, 0.25) is 0 Å². The van der Waals surface area contributed by atoms with Crippen LogP contribution in [0, 0.1) is 6.92 Å². The number of benzene rings is 1. The Balaban J connectivity index is 1.63. The van der Waals surface area contributed by atoms with Gasteiger partial charge in [-0.2, -0.15) is 0 Å². The van der Waals surface area contributed by atoms with Gasteiger partial charge in [-0.1, -0.05) is 17.7 Å². The van der Waals surface area contributed by atoms with Crippen LogP contribution in [0.4, 0.5) is 0 Å². The lowest BCUT2D eigenvalue weighted by Gasteiger charge is -2.29. The third kappa shape index (κ3) is 4.60. The molecule has 6 heteroatoms. The van der Waals surface area contributed by atoms with E-state index in [1.165, 1.54) is 0 Å². The number of nitrogens with zero attached hydrogens (tertiary/aromatic N) is 3. The molecule has 0 saturated carbocycles. The van der Waals surface area contributed by atoms with Crippen molar-refractivity contribution in [2.45, 2.75) is 19.9 Å². The number of morpholine rings is 1. The third-order valence-corrected chi connectivity index (χ3v) is 5.15. The van der Waals surface area contributed by atoms with E-state index in [1.807, 2.05) is 56.3 Å². The van der Waals surface area contributed by atoms with Crippen LogP contribution in [0.25, 0.3) is 22.3 Å². The molecule has 1 aromatic carbocycles. The summed E-state index contributed by atoms with van der Waals surface area (Å²) in [6.07, 6.45) is 1.74. The topological polar surface area (TPSA) is 67.4 Å². The van der Waals surface area contributed by atoms with E-state index in [0.717, 1.165) is 55.0 Å². The van der Waals surface area contributed by atoms with Crippen molar-refractivity contribution in [3.05, 3.63) is 59.8 Å². The lowest BCUT2D eigenvalue weighted by Crippen LogP contribution is -2.46. The Labute approximate surface area is 170 Å². The fraction of sp³-hybridized carbons (Fsp3) is 0.348. The van der Waals surface area contributed by atoms with Gasteiger partial charge >= 0.3 is 0 Å². The van der Waals surface area contributed by atoms with Crippen LogP contribution in [0.15, 0.2) is 48.7 Å². The Morgan fingerprint density at radius 2 is 2.00 bits per heavy atom. The molecule has 0 unspecified atom stereocenters. The zero-order valence-electron chi connectivity index (χ0n) is 16.9. The molecule has 1 aliphatic rings. The van der Waals surface area contributed by atoms with Crippen molar-refractivity contribution in [1.82, 2.24) is 20.2 Å². The van der Waals surface area contributed by atoms with Gasteiger partial charge in [-0.3, -0.25) is 14.7 Å². The summed E-state index contributed by atoms with van der Waals surface area (Å²) in [6.45, 7) is 8.19. The van der Waals surface area contributed by atoms with Crippen LogP contribution in [-0.2, 0) is 4.74 Å². The highest BCUT2D eigenvalue weighted by Crippen LogP contribution is 2.25. The minimum atomic E-state index is -0.0825. The van der Waals surface area contributed by atoms with Gasteiger partial charge < -0.3 is 10.1 Å². The minimum absolute atomic E-state index is 0.0342. The number of rotatable bonds is 5. The van der Waals surface area contributed by atoms with Gasteiger partial charge in [-0.25, -0.2) is 4.98 Å². The maximum absolute atomic E-state index is 13.2. The molecule has 1 N–H and O–H groups in total. The van der Waals surface area contributed by atoms with E-state index < -0.39 is 0 Å². The number of nitrogens with one attached hydrogen (secondary N) is 1. The van der Waals surface area contributed by atoms with Crippen LogP contribution in [0.3, 0.4) is 0 Å². The van der Waals surface area contributed by atoms with E-state index in [2.05, 4.69) is 15.2 Å². The molecule has 2 aromatic heterocycles. The number of hydrogen-bond donors (Lipinski definition) is 1. The van der Waals surface area contributed by atoms with Gasteiger partial charge in [0.15, 0.2) is 0 Å². The molecule has 1 fully saturated rings. The molecule has 3 heterocycles. The van der Waals surface area contributed by atoms with Gasteiger partial charge in [-0.15, -0.1) is 0 Å². The first-order valence-corrected chi connectivity index (χ1v) is 10.0. The predicted octanol–water partition coefficient (Wildman–Crippen LogP) is 3.06. The molecule has 0 radical (unpaired) electrons. The van der Waals surface area contributed by atoms with Gasteiger partial charge in [0.25, 0.3) is 5.91 Å². The van der Waals surface area contributed by atoms with Crippen molar-refractivity contribution in [3.63, 3.8) is 0 Å². The Bertz CT molecular complexity index is 1000. The van der Waals surface area contributed by atoms with Gasteiger partial charge in [0.2, 0.25) is 0 Å². The Hall–Kier alpha value is -2.83. The second kappa shape index (κ2) is 8.68. The van der Waals surface area contributed by atoms with Gasteiger partial charge in [0.1, 0.15) is 0 Å². The molecule has 4 rings (SSSR count). The van der Waals surface area contributed by atoms with Crippen LogP contribution >= 0.6 is 0 Å². The highest BCUT2D eigenvalue weighted by molar-refractivity contribution is 6.07. The lowest BCUT2D eigenvalue weighted by molar-refractivity contribution is 0.0342. The SMILES string of the molecule is Cc1ccc2nc(-c3ccccn3)cc(C(=O)N[C@H](C)CN3CCOCC3)c2c1. The van der Waals surface area contributed by atoms with E-state index in [0.29, 0.717) is 11.3 Å². The Kier molecular flexibility index (Phi) is 5.83. The molecule has 0 spiro atoms. The highest BCUT2D eigenvalue weighted by Gasteiger charge is 2.19. The summed E-state index contributed by atoms with van der Waals surface area (Å²) in [4.78, 5) is 24.7. The van der Waals surface area contributed by atoms with Gasteiger partial charge in [-0.05, 0) is 44.2 Å². The van der Waals surface area contributed by atoms with E-state index in [9.17, 15) is 4.79 Å². The number of ether oxygens (including phenoxy) is 1. The summed E-state index contributed by atoms with van der Waals surface area (Å²) >= 11 is 0. The van der Waals surface area contributed by atoms with Crippen molar-refractivity contribution < 1.29 is 9.53 Å². The Morgan fingerprint density at radius 3 is 2.76 bits per heavy atom. The van der Waals surface area contributed by atoms with Gasteiger partial charge in [0, 0.05) is 37.3 Å². The number of carbonyl (C=O) groups is 1. The fourth-order valence-electron chi connectivity index (χ4n) is 3.69. The van der Waals surface area contributed by atoms with Crippen molar-refractivity contribution in [1.29, 1.82) is 0 Å².